The summed E-state index contributed by atoms with van der Waals surface area (Å²) in [6.45, 7) is 2.15. The smallest absolute Gasteiger partial charge is 0.335 e. The van der Waals surface area contributed by atoms with Crippen LogP contribution in [0.4, 0.5) is 5.69 Å². The van der Waals surface area contributed by atoms with Crippen molar-refractivity contribution in [3.63, 3.8) is 0 Å². The van der Waals surface area contributed by atoms with Gasteiger partial charge in [-0.05, 0) is 24.6 Å². The number of aromatic hydroxyl groups is 1. The summed E-state index contributed by atoms with van der Waals surface area (Å²) in [5.41, 5.74) is 5.59. The van der Waals surface area contributed by atoms with Gasteiger partial charge in [0.05, 0.1) is 17.2 Å². The van der Waals surface area contributed by atoms with E-state index in [2.05, 4.69) is 5.32 Å². The average Bonchev–Trinajstić information content (AvgIpc) is 2.38. The molecule has 1 rings (SSSR count). The number of phenols is 1. The fourth-order valence-corrected chi connectivity index (χ4v) is 1.71. The number of benzene rings is 1. The fourth-order valence-electron chi connectivity index (χ4n) is 1.71. The Bertz CT molecular complexity index is 474. The summed E-state index contributed by atoms with van der Waals surface area (Å²) >= 11 is 0. The quantitative estimate of drug-likeness (QED) is 0.581. The Kier molecular flexibility index (Phi) is 5.32. The Hall–Kier alpha value is -2.08. The summed E-state index contributed by atoms with van der Waals surface area (Å²) in [7, 11) is 0. The van der Waals surface area contributed by atoms with Gasteiger partial charge in [-0.3, -0.25) is 4.79 Å². The van der Waals surface area contributed by atoms with E-state index in [1.807, 2.05) is 6.92 Å². The fraction of sp³-hybridized carbons (Fsp3) is 0.385. The minimum atomic E-state index is -1.13. The number of hydrogen-bond acceptors (Lipinski definition) is 4. The Morgan fingerprint density at radius 1 is 1.42 bits per heavy atom. The van der Waals surface area contributed by atoms with Crippen molar-refractivity contribution < 1.29 is 19.8 Å². The van der Waals surface area contributed by atoms with Crippen molar-refractivity contribution in [3.05, 3.63) is 23.8 Å². The summed E-state index contributed by atoms with van der Waals surface area (Å²) in [5, 5.41) is 21.0. The van der Waals surface area contributed by atoms with Gasteiger partial charge >= 0.3 is 5.97 Å². The summed E-state index contributed by atoms with van der Waals surface area (Å²) in [6, 6.07) is 3.71. The maximum atomic E-state index is 11.9. The van der Waals surface area contributed by atoms with Gasteiger partial charge in [0.25, 0.3) is 0 Å². The lowest BCUT2D eigenvalue weighted by molar-refractivity contribution is -0.119. The lowest BCUT2D eigenvalue weighted by atomic mass is 10.0. The van der Waals surface area contributed by atoms with Crippen LogP contribution in [0, 0.1) is 5.92 Å². The molecule has 0 saturated heterocycles. The van der Waals surface area contributed by atoms with Crippen LogP contribution in [-0.4, -0.2) is 28.6 Å². The topological polar surface area (TPSA) is 113 Å². The molecular weight excluding hydrogens is 248 g/mol. The average molecular weight is 266 g/mol. The van der Waals surface area contributed by atoms with E-state index in [9.17, 15) is 14.7 Å². The van der Waals surface area contributed by atoms with E-state index < -0.39 is 5.97 Å². The van der Waals surface area contributed by atoms with Gasteiger partial charge in [0.2, 0.25) is 5.91 Å². The molecule has 5 N–H and O–H groups in total. The number of nitrogens with one attached hydrogen (secondary N) is 1. The molecule has 1 aromatic carbocycles. The van der Waals surface area contributed by atoms with Crippen LogP contribution in [-0.2, 0) is 4.79 Å². The first-order valence-corrected chi connectivity index (χ1v) is 6.06. The largest absolute Gasteiger partial charge is 0.506 e. The highest BCUT2D eigenvalue weighted by molar-refractivity contribution is 5.96. The van der Waals surface area contributed by atoms with Crippen LogP contribution in [0.15, 0.2) is 18.2 Å². The highest BCUT2D eigenvalue weighted by Gasteiger charge is 2.17. The van der Waals surface area contributed by atoms with Gasteiger partial charge < -0.3 is 21.3 Å². The Labute approximate surface area is 111 Å². The van der Waals surface area contributed by atoms with Crippen LogP contribution in [0.1, 0.15) is 30.1 Å². The Morgan fingerprint density at radius 3 is 2.63 bits per heavy atom. The second-order valence-electron chi connectivity index (χ2n) is 4.25. The first kappa shape index (κ1) is 15.0. The molecule has 0 aliphatic rings. The number of amides is 1. The van der Waals surface area contributed by atoms with E-state index in [1.165, 1.54) is 18.2 Å². The zero-order chi connectivity index (χ0) is 14.4. The van der Waals surface area contributed by atoms with Crippen LogP contribution in [0.2, 0.25) is 0 Å². The molecular formula is C13H18N2O4. The van der Waals surface area contributed by atoms with E-state index in [-0.39, 0.29) is 35.4 Å². The summed E-state index contributed by atoms with van der Waals surface area (Å²) in [6.07, 6.45) is 1.46. The summed E-state index contributed by atoms with van der Waals surface area (Å²) in [5.74, 6) is -1.97. The molecule has 0 fully saturated rings. The number of phenolic OH excluding ortho intramolecular Hbond substituents is 1. The van der Waals surface area contributed by atoms with E-state index in [0.29, 0.717) is 6.42 Å². The molecule has 6 heteroatoms. The molecule has 1 unspecified atom stereocenters. The summed E-state index contributed by atoms with van der Waals surface area (Å²) < 4.78 is 0. The van der Waals surface area contributed by atoms with Gasteiger partial charge in [-0.2, -0.15) is 0 Å². The molecule has 0 saturated carbocycles. The third-order valence-corrected chi connectivity index (χ3v) is 2.79. The van der Waals surface area contributed by atoms with Crippen molar-refractivity contribution in [2.75, 3.05) is 11.9 Å². The second-order valence-corrected chi connectivity index (χ2v) is 4.25. The molecule has 0 aliphatic carbocycles. The SMILES string of the molecule is CCCC(CN)C(=O)Nc1cc(C(=O)O)ccc1O. The Balaban J connectivity index is 2.89. The standard InChI is InChI=1S/C13H18N2O4/c1-2-3-9(7-14)12(17)15-10-6-8(13(18)19)4-5-11(10)16/h4-6,9,16H,2-3,7,14H2,1H3,(H,15,17)(H,18,19). The van der Waals surface area contributed by atoms with Gasteiger partial charge in [-0.25, -0.2) is 4.79 Å². The lowest BCUT2D eigenvalue weighted by Gasteiger charge is -2.14. The van der Waals surface area contributed by atoms with E-state index in [4.69, 9.17) is 10.8 Å². The summed E-state index contributed by atoms with van der Waals surface area (Å²) in [4.78, 5) is 22.7. The number of carbonyl (C=O) groups excluding carboxylic acids is 1. The number of carbonyl (C=O) groups is 2. The predicted octanol–water partition coefficient (Wildman–Crippen LogP) is 1.40. The molecule has 0 spiro atoms. The molecule has 0 radical (unpaired) electrons. The highest BCUT2D eigenvalue weighted by atomic mass is 16.4. The van der Waals surface area contributed by atoms with Gasteiger partial charge in [-0.15, -0.1) is 0 Å². The van der Waals surface area contributed by atoms with Crippen LogP contribution >= 0.6 is 0 Å². The number of carboxylic acid groups (broad SMARTS) is 1. The number of hydrogen-bond donors (Lipinski definition) is 4. The number of nitrogens with two attached hydrogens (primary N) is 1. The lowest BCUT2D eigenvalue weighted by Crippen LogP contribution is -2.29. The molecule has 0 aromatic heterocycles. The van der Waals surface area contributed by atoms with Crippen molar-refractivity contribution in [2.24, 2.45) is 11.7 Å². The third kappa shape index (κ3) is 3.96. The van der Waals surface area contributed by atoms with E-state index in [1.54, 1.807) is 0 Å². The number of anilines is 1. The maximum Gasteiger partial charge on any atom is 0.335 e. The van der Waals surface area contributed by atoms with Gasteiger partial charge in [0.15, 0.2) is 0 Å². The van der Waals surface area contributed by atoms with Crippen LogP contribution in [0.5, 0.6) is 5.75 Å². The maximum absolute atomic E-state index is 11.9. The molecule has 0 bridgehead atoms. The monoisotopic (exact) mass is 266 g/mol. The normalized spacial score (nSPS) is 11.9. The molecule has 6 nitrogen and oxygen atoms in total. The molecule has 1 atom stereocenters. The first-order chi connectivity index (χ1) is 8.99. The number of aromatic carboxylic acids is 1. The number of rotatable bonds is 6. The van der Waals surface area contributed by atoms with Gasteiger partial charge in [0, 0.05) is 6.54 Å². The molecule has 1 amide bonds. The first-order valence-electron chi connectivity index (χ1n) is 6.06. The van der Waals surface area contributed by atoms with Crippen molar-refractivity contribution in [3.8, 4) is 5.75 Å². The van der Waals surface area contributed by atoms with E-state index >= 15 is 0 Å². The minimum absolute atomic E-state index is 0.00658. The molecule has 0 heterocycles. The molecule has 19 heavy (non-hydrogen) atoms. The minimum Gasteiger partial charge on any atom is -0.506 e. The van der Waals surface area contributed by atoms with Crippen LogP contribution in [0.25, 0.3) is 0 Å². The van der Waals surface area contributed by atoms with Crippen molar-refractivity contribution in [1.82, 2.24) is 0 Å². The molecule has 0 aliphatic heterocycles. The highest BCUT2D eigenvalue weighted by Crippen LogP contribution is 2.25. The van der Waals surface area contributed by atoms with E-state index in [0.717, 1.165) is 6.42 Å². The number of carboxylic acids is 1. The van der Waals surface area contributed by atoms with Crippen molar-refractivity contribution in [2.45, 2.75) is 19.8 Å². The molecule has 104 valence electrons. The van der Waals surface area contributed by atoms with Gasteiger partial charge in [-0.1, -0.05) is 13.3 Å². The van der Waals surface area contributed by atoms with Crippen LogP contribution < -0.4 is 11.1 Å². The van der Waals surface area contributed by atoms with Crippen molar-refractivity contribution >= 4 is 17.6 Å². The van der Waals surface area contributed by atoms with Crippen molar-refractivity contribution in [1.29, 1.82) is 0 Å². The zero-order valence-corrected chi connectivity index (χ0v) is 10.7. The second kappa shape index (κ2) is 6.75. The van der Waals surface area contributed by atoms with Gasteiger partial charge in [0.1, 0.15) is 5.75 Å². The molecule has 1 aromatic rings. The third-order valence-electron chi connectivity index (χ3n) is 2.79. The predicted molar refractivity (Wildman–Crippen MR) is 71.1 cm³/mol. The Morgan fingerprint density at radius 2 is 2.11 bits per heavy atom. The van der Waals surface area contributed by atoms with Crippen LogP contribution in [0.3, 0.4) is 0 Å². The zero-order valence-electron chi connectivity index (χ0n) is 10.7.